The summed E-state index contributed by atoms with van der Waals surface area (Å²) in [7, 11) is 0. The van der Waals surface area contributed by atoms with Gasteiger partial charge in [0.25, 0.3) is 5.70 Å². The van der Waals surface area contributed by atoms with E-state index in [0.717, 1.165) is 11.1 Å². The minimum absolute atomic E-state index is 0.0614. The summed E-state index contributed by atoms with van der Waals surface area (Å²) in [5, 5.41) is 24.4. The van der Waals surface area contributed by atoms with Crippen LogP contribution in [0.3, 0.4) is 0 Å². The fraction of sp³-hybridized carbons (Fsp3) is 0.227. The van der Waals surface area contributed by atoms with Crippen molar-refractivity contribution in [3.05, 3.63) is 98.0 Å². The maximum absolute atomic E-state index is 12.0. The van der Waals surface area contributed by atoms with E-state index in [-0.39, 0.29) is 17.9 Å². The van der Waals surface area contributed by atoms with Crippen LogP contribution in [0.1, 0.15) is 36.5 Å². The normalized spacial score (nSPS) is 16.4. The predicted molar refractivity (Wildman–Crippen MR) is 108 cm³/mol. The van der Waals surface area contributed by atoms with E-state index in [0.29, 0.717) is 22.7 Å². The lowest BCUT2D eigenvalue weighted by Crippen LogP contribution is -2.31. The van der Waals surface area contributed by atoms with Crippen LogP contribution >= 0.6 is 0 Å². The van der Waals surface area contributed by atoms with Gasteiger partial charge in [-0.05, 0) is 32.4 Å². The number of aliphatic carboxylic acids is 1. The molecule has 2 N–H and O–H groups in total. The number of hydrogen-bond acceptors (Lipinski definition) is 5. The standard InChI is InChI=1S/C22H22N2O5/c1-13-8-10-16(11-9-13)12-29-18-7-5-4-6-17(18)20-19(22(25)26)14(2)23-15(3)21(20)24(27)28/h4-11,20,23H,12H2,1-3H3,(H,25,26). The SMILES string of the molecule is CC1=C(C(=O)O)C(c2ccccc2OCc2ccc(C)cc2)C([N+](=O)[O-])=C(C)N1. The molecule has 0 aromatic heterocycles. The number of benzene rings is 2. The van der Waals surface area contributed by atoms with E-state index >= 15 is 0 Å². The fourth-order valence-corrected chi connectivity index (χ4v) is 3.51. The Morgan fingerprint density at radius 2 is 1.76 bits per heavy atom. The second kappa shape index (κ2) is 8.18. The fourth-order valence-electron chi connectivity index (χ4n) is 3.51. The maximum Gasteiger partial charge on any atom is 0.334 e. The van der Waals surface area contributed by atoms with Crippen LogP contribution in [0, 0.1) is 17.0 Å². The number of carboxylic acid groups (broad SMARTS) is 1. The highest BCUT2D eigenvalue weighted by molar-refractivity contribution is 5.91. The molecule has 0 saturated carbocycles. The average Bonchev–Trinajstić information content (AvgIpc) is 2.66. The lowest BCUT2D eigenvalue weighted by Gasteiger charge is -2.26. The lowest BCUT2D eigenvalue weighted by atomic mass is 9.83. The monoisotopic (exact) mass is 394 g/mol. The summed E-state index contributed by atoms with van der Waals surface area (Å²) in [6.07, 6.45) is 0. The Bertz CT molecular complexity index is 986. The average molecular weight is 394 g/mol. The van der Waals surface area contributed by atoms with Gasteiger partial charge in [-0.25, -0.2) is 4.79 Å². The molecule has 0 aliphatic carbocycles. The second-order valence-corrected chi connectivity index (χ2v) is 6.98. The third kappa shape index (κ3) is 4.13. The quantitative estimate of drug-likeness (QED) is 0.564. The van der Waals surface area contributed by atoms with E-state index in [1.165, 1.54) is 0 Å². The van der Waals surface area contributed by atoms with Crippen molar-refractivity contribution >= 4 is 5.97 Å². The number of hydrogen-bond donors (Lipinski definition) is 2. The van der Waals surface area contributed by atoms with Gasteiger partial charge in [0.1, 0.15) is 18.3 Å². The molecule has 2 aromatic rings. The summed E-state index contributed by atoms with van der Waals surface area (Å²) < 4.78 is 5.96. The molecule has 1 heterocycles. The highest BCUT2D eigenvalue weighted by atomic mass is 16.6. The van der Waals surface area contributed by atoms with Crippen LogP contribution in [0.2, 0.25) is 0 Å². The molecule has 7 heteroatoms. The Kier molecular flexibility index (Phi) is 5.68. The van der Waals surface area contributed by atoms with Crippen molar-refractivity contribution in [1.82, 2.24) is 5.32 Å². The van der Waals surface area contributed by atoms with Crippen LogP contribution in [0.25, 0.3) is 0 Å². The Hall–Kier alpha value is -3.61. The molecule has 0 saturated heterocycles. The molecule has 0 fully saturated rings. The maximum atomic E-state index is 12.0. The van der Waals surface area contributed by atoms with Crippen molar-refractivity contribution in [3.63, 3.8) is 0 Å². The Morgan fingerprint density at radius 1 is 1.10 bits per heavy atom. The van der Waals surface area contributed by atoms with Gasteiger partial charge in [-0.3, -0.25) is 10.1 Å². The summed E-state index contributed by atoms with van der Waals surface area (Å²) in [6.45, 7) is 5.44. The summed E-state index contributed by atoms with van der Waals surface area (Å²) >= 11 is 0. The molecule has 2 aromatic carbocycles. The van der Waals surface area contributed by atoms with Gasteiger partial charge in [0.2, 0.25) is 0 Å². The van der Waals surface area contributed by atoms with Gasteiger partial charge in [-0.1, -0.05) is 48.0 Å². The highest BCUT2D eigenvalue weighted by Crippen LogP contribution is 2.42. The Balaban J connectivity index is 2.05. The number of para-hydroxylation sites is 1. The number of carboxylic acids is 1. The van der Waals surface area contributed by atoms with Crippen LogP contribution in [0.5, 0.6) is 5.75 Å². The Morgan fingerprint density at radius 3 is 2.38 bits per heavy atom. The number of ether oxygens (including phenoxy) is 1. The molecular weight excluding hydrogens is 372 g/mol. The van der Waals surface area contributed by atoms with Gasteiger partial charge in [-0.15, -0.1) is 0 Å². The van der Waals surface area contributed by atoms with Crippen molar-refractivity contribution in [2.45, 2.75) is 33.3 Å². The van der Waals surface area contributed by atoms with Crippen LogP contribution in [0.15, 0.2) is 71.2 Å². The smallest absolute Gasteiger partial charge is 0.334 e. The largest absolute Gasteiger partial charge is 0.489 e. The third-order valence-electron chi connectivity index (χ3n) is 4.90. The number of carbonyl (C=O) groups is 1. The van der Waals surface area contributed by atoms with Crippen molar-refractivity contribution in [2.24, 2.45) is 0 Å². The summed E-state index contributed by atoms with van der Waals surface area (Å²) in [4.78, 5) is 23.2. The molecule has 1 aliphatic rings. The van der Waals surface area contributed by atoms with Crippen LogP contribution in [0.4, 0.5) is 0 Å². The van der Waals surface area contributed by atoms with Gasteiger partial charge in [0, 0.05) is 11.3 Å². The molecule has 1 unspecified atom stereocenters. The van der Waals surface area contributed by atoms with Crippen LogP contribution in [-0.4, -0.2) is 16.0 Å². The zero-order valence-corrected chi connectivity index (χ0v) is 16.4. The minimum atomic E-state index is -1.21. The number of nitrogens with one attached hydrogen (secondary N) is 1. The van der Waals surface area contributed by atoms with Crippen LogP contribution < -0.4 is 10.1 Å². The van der Waals surface area contributed by atoms with Gasteiger partial charge >= 0.3 is 5.97 Å². The summed E-state index contributed by atoms with van der Waals surface area (Å²) in [5.41, 5.74) is 2.96. The van der Waals surface area contributed by atoms with Gasteiger partial charge in [0.05, 0.1) is 16.2 Å². The van der Waals surface area contributed by atoms with Crippen molar-refractivity contribution < 1.29 is 19.6 Å². The molecule has 150 valence electrons. The van der Waals surface area contributed by atoms with Gasteiger partial charge in [-0.2, -0.15) is 0 Å². The first-order chi connectivity index (χ1) is 13.8. The first-order valence-electron chi connectivity index (χ1n) is 9.13. The third-order valence-corrected chi connectivity index (χ3v) is 4.90. The zero-order valence-electron chi connectivity index (χ0n) is 16.4. The first kappa shape index (κ1) is 20.1. The van der Waals surface area contributed by atoms with E-state index in [1.807, 2.05) is 31.2 Å². The molecule has 29 heavy (non-hydrogen) atoms. The number of aryl methyl sites for hydroxylation is 1. The molecule has 7 nitrogen and oxygen atoms in total. The number of allylic oxidation sites excluding steroid dienone is 3. The van der Waals surface area contributed by atoms with Crippen molar-refractivity contribution in [3.8, 4) is 5.75 Å². The summed E-state index contributed by atoms with van der Waals surface area (Å²) in [6, 6.07) is 14.7. The molecule has 0 amide bonds. The molecule has 0 spiro atoms. The van der Waals surface area contributed by atoms with Crippen LogP contribution in [-0.2, 0) is 11.4 Å². The molecule has 0 radical (unpaired) electrons. The molecule has 1 aliphatic heterocycles. The lowest BCUT2D eigenvalue weighted by molar-refractivity contribution is -0.431. The van der Waals surface area contributed by atoms with Gasteiger partial charge in [0.15, 0.2) is 0 Å². The number of nitro groups is 1. The second-order valence-electron chi connectivity index (χ2n) is 6.98. The number of dihydropyridines is 1. The zero-order chi connectivity index (χ0) is 21.1. The van der Waals surface area contributed by atoms with Crippen molar-refractivity contribution in [2.75, 3.05) is 0 Å². The number of rotatable bonds is 6. The van der Waals surface area contributed by atoms with E-state index in [4.69, 9.17) is 4.74 Å². The van der Waals surface area contributed by atoms with Crippen molar-refractivity contribution in [1.29, 1.82) is 0 Å². The predicted octanol–water partition coefficient (Wildman–Crippen LogP) is 4.13. The minimum Gasteiger partial charge on any atom is -0.489 e. The molecule has 1 atom stereocenters. The van der Waals surface area contributed by atoms with Gasteiger partial charge < -0.3 is 15.2 Å². The molecular formula is C22H22N2O5. The molecule has 0 bridgehead atoms. The van der Waals surface area contributed by atoms with E-state index < -0.39 is 16.8 Å². The number of nitrogens with zero attached hydrogens (tertiary/aromatic N) is 1. The first-order valence-corrected chi connectivity index (χ1v) is 9.13. The highest BCUT2D eigenvalue weighted by Gasteiger charge is 2.41. The topological polar surface area (TPSA) is 102 Å². The Labute approximate surface area is 168 Å². The molecule has 3 rings (SSSR count). The van der Waals surface area contributed by atoms with E-state index in [9.17, 15) is 20.0 Å². The summed E-state index contributed by atoms with van der Waals surface area (Å²) in [5.74, 6) is -1.84. The van der Waals surface area contributed by atoms with E-state index in [2.05, 4.69) is 5.32 Å². The van der Waals surface area contributed by atoms with E-state index in [1.54, 1.807) is 38.1 Å².